The molecular weight excluding hydrogens is 186 g/mol. The number of nitrogens with two attached hydrogens (primary N) is 1. The Kier molecular flexibility index (Phi) is 4.45. The highest BCUT2D eigenvalue weighted by molar-refractivity contribution is 4.77. The molecule has 2 N–H and O–H groups in total. The monoisotopic (exact) mass is 211 g/mol. The molecule has 2 aliphatic rings. The SMILES string of the molecule is NC(CC1CCCC1)CC1CCCCO1. The number of hydrogen-bond acceptors (Lipinski definition) is 2. The van der Waals surface area contributed by atoms with E-state index in [1.165, 1.54) is 51.4 Å². The van der Waals surface area contributed by atoms with Crippen molar-refractivity contribution >= 4 is 0 Å². The second-order valence-corrected chi connectivity index (χ2v) is 5.37. The Labute approximate surface area is 93.6 Å². The molecule has 0 aromatic rings. The van der Waals surface area contributed by atoms with Gasteiger partial charge in [0.15, 0.2) is 0 Å². The van der Waals surface area contributed by atoms with Gasteiger partial charge in [-0.1, -0.05) is 25.7 Å². The standard InChI is InChI=1S/C13H25NO/c14-12(9-11-5-1-2-6-11)10-13-7-3-4-8-15-13/h11-13H,1-10,14H2. The fourth-order valence-corrected chi connectivity index (χ4v) is 3.10. The lowest BCUT2D eigenvalue weighted by Gasteiger charge is -2.26. The average Bonchev–Trinajstić information content (AvgIpc) is 2.71. The van der Waals surface area contributed by atoms with Crippen LogP contribution >= 0.6 is 0 Å². The summed E-state index contributed by atoms with van der Waals surface area (Å²) in [5.41, 5.74) is 6.20. The van der Waals surface area contributed by atoms with E-state index in [2.05, 4.69) is 0 Å². The lowest BCUT2D eigenvalue weighted by atomic mass is 9.93. The van der Waals surface area contributed by atoms with E-state index in [4.69, 9.17) is 10.5 Å². The normalized spacial score (nSPS) is 30.6. The van der Waals surface area contributed by atoms with Crippen LogP contribution in [0.5, 0.6) is 0 Å². The van der Waals surface area contributed by atoms with E-state index < -0.39 is 0 Å². The highest BCUT2D eigenvalue weighted by atomic mass is 16.5. The lowest BCUT2D eigenvalue weighted by Crippen LogP contribution is -2.31. The van der Waals surface area contributed by atoms with Crippen molar-refractivity contribution in [3.05, 3.63) is 0 Å². The van der Waals surface area contributed by atoms with Crippen LogP contribution in [0.15, 0.2) is 0 Å². The molecule has 1 aliphatic heterocycles. The molecule has 0 spiro atoms. The topological polar surface area (TPSA) is 35.2 Å². The smallest absolute Gasteiger partial charge is 0.0589 e. The number of ether oxygens (including phenoxy) is 1. The maximum Gasteiger partial charge on any atom is 0.0589 e. The van der Waals surface area contributed by atoms with Crippen molar-refractivity contribution in [1.82, 2.24) is 0 Å². The van der Waals surface area contributed by atoms with Crippen LogP contribution in [0, 0.1) is 5.92 Å². The van der Waals surface area contributed by atoms with E-state index in [0.29, 0.717) is 12.1 Å². The van der Waals surface area contributed by atoms with E-state index in [9.17, 15) is 0 Å². The quantitative estimate of drug-likeness (QED) is 0.776. The van der Waals surface area contributed by atoms with Crippen LogP contribution in [0.3, 0.4) is 0 Å². The van der Waals surface area contributed by atoms with Gasteiger partial charge in [-0.25, -0.2) is 0 Å². The molecule has 0 aromatic carbocycles. The van der Waals surface area contributed by atoms with Gasteiger partial charge >= 0.3 is 0 Å². The average molecular weight is 211 g/mol. The summed E-state index contributed by atoms with van der Waals surface area (Å²) >= 11 is 0. The highest BCUT2D eigenvalue weighted by Crippen LogP contribution is 2.29. The van der Waals surface area contributed by atoms with Crippen molar-refractivity contribution in [2.24, 2.45) is 11.7 Å². The molecule has 2 unspecified atom stereocenters. The molecule has 2 heteroatoms. The lowest BCUT2D eigenvalue weighted by molar-refractivity contribution is 0.00623. The molecule has 0 bridgehead atoms. The van der Waals surface area contributed by atoms with Crippen LogP contribution in [-0.2, 0) is 4.74 Å². The van der Waals surface area contributed by atoms with Crippen LogP contribution in [0.4, 0.5) is 0 Å². The molecular formula is C13H25NO. The molecule has 2 atom stereocenters. The highest BCUT2D eigenvalue weighted by Gasteiger charge is 2.21. The van der Waals surface area contributed by atoms with Gasteiger partial charge in [0.05, 0.1) is 6.10 Å². The first-order valence-electron chi connectivity index (χ1n) is 6.72. The van der Waals surface area contributed by atoms with Crippen molar-refractivity contribution in [3.63, 3.8) is 0 Å². The van der Waals surface area contributed by atoms with Gasteiger partial charge in [-0.3, -0.25) is 0 Å². The van der Waals surface area contributed by atoms with Gasteiger partial charge in [-0.05, 0) is 38.0 Å². The summed E-state index contributed by atoms with van der Waals surface area (Å²) in [6.45, 7) is 0.959. The number of rotatable bonds is 4. The van der Waals surface area contributed by atoms with Crippen LogP contribution in [0.25, 0.3) is 0 Å². The van der Waals surface area contributed by atoms with E-state index in [1.54, 1.807) is 0 Å². The van der Waals surface area contributed by atoms with Gasteiger partial charge in [0, 0.05) is 12.6 Å². The predicted molar refractivity (Wildman–Crippen MR) is 62.8 cm³/mol. The van der Waals surface area contributed by atoms with Gasteiger partial charge in [0.1, 0.15) is 0 Å². The molecule has 2 rings (SSSR count). The molecule has 0 radical (unpaired) electrons. The Morgan fingerprint density at radius 2 is 1.73 bits per heavy atom. The fourth-order valence-electron chi connectivity index (χ4n) is 3.10. The van der Waals surface area contributed by atoms with Gasteiger partial charge in [0.25, 0.3) is 0 Å². The largest absolute Gasteiger partial charge is 0.378 e. The molecule has 0 aromatic heterocycles. The van der Waals surface area contributed by atoms with Gasteiger partial charge in [-0.15, -0.1) is 0 Å². The zero-order valence-electron chi connectivity index (χ0n) is 9.79. The first-order valence-corrected chi connectivity index (χ1v) is 6.72. The minimum Gasteiger partial charge on any atom is -0.378 e. The first-order chi connectivity index (χ1) is 7.34. The zero-order valence-corrected chi connectivity index (χ0v) is 9.79. The predicted octanol–water partition coefficient (Wildman–Crippen LogP) is 2.85. The molecule has 1 saturated heterocycles. The Hall–Kier alpha value is -0.0800. The van der Waals surface area contributed by atoms with Crippen LogP contribution < -0.4 is 5.73 Å². The minimum atomic E-state index is 0.385. The summed E-state index contributed by atoms with van der Waals surface area (Å²) in [7, 11) is 0. The van der Waals surface area contributed by atoms with Crippen molar-refractivity contribution in [1.29, 1.82) is 0 Å². The third-order valence-electron chi connectivity index (χ3n) is 3.95. The molecule has 1 heterocycles. The third-order valence-corrected chi connectivity index (χ3v) is 3.95. The van der Waals surface area contributed by atoms with Crippen molar-refractivity contribution in [2.75, 3.05) is 6.61 Å². The summed E-state index contributed by atoms with van der Waals surface area (Å²) in [5, 5.41) is 0. The Morgan fingerprint density at radius 1 is 1.00 bits per heavy atom. The second kappa shape index (κ2) is 5.86. The zero-order chi connectivity index (χ0) is 10.5. The number of hydrogen-bond donors (Lipinski definition) is 1. The van der Waals surface area contributed by atoms with Crippen molar-refractivity contribution < 1.29 is 4.74 Å². The molecule has 0 amide bonds. The van der Waals surface area contributed by atoms with Gasteiger partial charge in [0.2, 0.25) is 0 Å². The van der Waals surface area contributed by atoms with Gasteiger partial charge < -0.3 is 10.5 Å². The molecule has 1 saturated carbocycles. The van der Waals surface area contributed by atoms with E-state index in [-0.39, 0.29) is 0 Å². The Morgan fingerprint density at radius 3 is 2.40 bits per heavy atom. The van der Waals surface area contributed by atoms with Crippen LogP contribution in [0.2, 0.25) is 0 Å². The van der Waals surface area contributed by atoms with E-state index in [0.717, 1.165) is 18.9 Å². The fraction of sp³-hybridized carbons (Fsp3) is 1.00. The first kappa shape index (κ1) is 11.4. The molecule has 88 valence electrons. The van der Waals surface area contributed by atoms with E-state index >= 15 is 0 Å². The summed E-state index contributed by atoms with van der Waals surface area (Å²) < 4.78 is 5.73. The Bertz CT molecular complexity index is 171. The molecule has 1 aliphatic carbocycles. The maximum atomic E-state index is 6.20. The van der Waals surface area contributed by atoms with Gasteiger partial charge in [-0.2, -0.15) is 0 Å². The molecule has 2 nitrogen and oxygen atoms in total. The summed E-state index contributed by atoms with van der Waals surface area (Å²) in [6.07, 6.45) is 12.3. The minimum absolute atomic E-state index is 0.385. The van der Waals surface area contributed by atoms with Crippen LogP contribution in [-0.4, -0.2) is 18.8 Å². The Balaban J connectivity index is 1.64. The van der Waals surface area contributed by atoms with Crippen molar-refractivity contribution in [2.45, 2.75) is 69.9 Å². The molecule has 2 fully saturated rings. The second-order valence-electron chi connectivity index (χ2n) is 5.37. The third kappa shape index (κ3) is 3.76. The summed E-state index contributed by atoms with van der Waals surface area (Å²) in [6, 6.07) is 0.385. The molecule has 15 heavy (non-hydrogen) atoms. The summed E-state index contributed by atoms with van der Waals surface area (Å²) in [4.78, 5) is 0. The van der Waals surface area contributed by atoms with Crippen LogP contribution in [0.1, 0.15) is 57.8 Å². The summed E-state index contributed by atoms with van der Waals surface area (Å²) in [5.74, 6) is 0.920. The maximum absolute atomic E-state index is 6.20. The van der Waals surface area contributed by atoms with Crippen molar-refractivity contribution in [3.8, 4) is 0 Å². The van der Waals surface area contributed by atoms with E-state index in [1.807, 2.05) is 0 Å².